The van der Waals surface area contributed by atoms with Gasteiger partial charge in [0.2, 0.25) is 0 Å². The molecule has 0 unspecified atom stereocenters. The van der Waals surface area contributed by atoms with Gasteiger partial charge in [-0.1, -0.05) is 12.1 Å². The van der Waals surface area contributed by atoms with Crippen LogP contribution in [0.15, 0.2) is 67.0 Å². The normalized spacial score (nSPS) is 14.6. The van der Waals surface area contributed by atoms with Crippen molar-refractivity contribution >= 4 is 41.6 Å². The maximum absolute atomic E-state index is 13.1. The van der Waals surface area contributed by atoms with Crippen LogP contribution < -0.4 is 10.8 Å². The second kappa shape index (κ2) is 8.50. The molecule has 0 radical (unpaired) electrons. The van der Waals surface area contributed by atoms with Gasteiger partial charge in [0.25, 0.3) is 5.91 Å². The van der Waals surface area contributed by atoms with Crippen LogP contribution in [0, 0.1) is 0 Å². The first kappa shape index (κ1) is 21.3. The van der Waals surface area contributed by atoms with Gasteiger partial charge < -0.3 is 20.3 Å². The zero-order chi connectivity index (χ0) is 23.9. The van der Waals surface area contributed by atoms with Crippen LogP contribution in [-0.2, 0) is 0 Å². The number of fused-ring (bicyclic) bond motifs is 2. The van der Waals surface area contributed by atoms with Crippen LogP contribution in [-0.4, -0.2) is 62.5 Å². The fourth-order valence-electron chi connectivity index (χ4n) is 4.81. The van der Waals surface area contributed by atoms with Crippen molar-refractivity contribution in [1.82, 2.24) is 24.5 Å². The summed E-state index contributed by atoms with van der Waals surface area (Å²) in [6, 6.07) is 17.1. The number of phenolic OH excluding ortho intramolecular Hbond substituents is 1. The van der Waals surface area contributed by atoms with Gasteiger partial charge >= 0.3 is 0 Å². The quantitative estimate of drug-likeness (QED) is 0.355. The first-order chi connectivity index (χ1) is 17.1. The van der Waals surface area contributed by atoms with Gasteiger partial charge in [-0.2, -0.15) is 9.61 Å². The number of nitrogens with one attached hydrogen (secondary N) is 2. The van der Waals surface area contributed by atoms with E-state index < -0.39 is 0 Å². The second-order valence-corrected chi connectivity index (χ2v) is 9.10. The highest BCUT2D eigenvalue weighted by Gasteiger charge is 2.25. The molecule has 0 bridgehead atoms. The lowest BCUT2D eigenvalue weighted by molar-refractivity contribution is 0.0718. The third kappa shape index (κ3) is 3.88. The van der Waals surface area contributed by atoms with Crippen molar-refractivity contribution in [3.8, 4) is 17.0 Å². The van der Waals surface area contributed by atoms with Gasteiger partial charge in [0.1, 0.15) is 19.4 Å². The number of likely N-dealkylation sites (tertiary alicyclic amines) is 1. The molecule has 0 aliphatic carbocycles. The van der Waals surface area contributed by atoms with Crippen LogP contribution in [0.2, 0.25) is 0 Å². The number of H-pyrrole nitrogens is 1. The van der Waals surface area contributed by atoms with Gasteiger partial charge in [-0.3, -0.25) is 4.79 Å². The van der Waals surface area contributed by atoms with Crippen LogP contribution >= 0.6 is 0 Å². The minimum Gasteiger partial charge on any atom is -0.507 e. The molecule has 2 aromatic carbocycles. The molecule has 3 N–H and O–H groups in total. The Hall–Kier alpha value is -4.27. The summed E-state index contributed by atoms with van der Waals surface area (Å²) in [5.41, 5.74) is 4.84. The number of nitrogens with zero attached hydrogens (tertiary/aromatic N) is 4. The van der Waals surface area contributed by atoms with Gasteiger partial charge in [0.15, 0.2) is 5.65 Å². The number of phenols is 1. The lowest BCUT2D eigenvalue weighted by Crippen LogP contribution is -2.42. The number of piperidine rings is 1. The van der Waals surface area contributed by atoms with Crippen molar-refractivity contribution < 1.29 is 9.90 Å². The molecule has 9 heteroatoms. The van der Waals surface area contributed by atoms with E-state index in [9.17, 15) is 9.90 Å². The van der Waals surface area contributed by atoms with Crippen molar-refractivity contribution in [2.24, 2.45) is 0 Å². The predicted molar refractivity (Wildman–Crippen MR) is 139 cm³/mol. The van der Waals surface area contributed by atoms with E-state index in [0.717, 1.165) is 46.2 Å². The molecule has 1 saturated heterocycles. The molecule has 1 amide bonds. The summed E-state index contributed by atoms with van der Waals surface area (Å²) in [5, 5.41) is 19.5. The molecule has 3 aromatic heterocycles. The van der Waals surface area contributed by atoms with Crippen LogP contribution in [0.4, 0.5) is 5.82 Å². The highest BCUT2D eigenvalue weighted by Crippen LogP contribution is 2.30. The number of hydrogen-bond donors (Lipinski definition) is 3. The number of rotatable bonds is 4. The summed E-state index contributed by atoms with van der Waals surface area (Å²) in [5.74, 6) is 1.09. The fourth-order valence-corrected chi connectivity index (χ4v) is 4.81. The Morgan fingerprint density at radius 2 is 1.94 bits per heavy atom. The van der Waals surface area contributed by atoms with E-state index in [1.807, 2.05) is 65.9 Å². The Balaban J connectivity index is 1.21. The molecule has 0 saturated carbocycles. The number of carbonyl (C=O) groups excluding carboxylic acids is 1. The van der Waals surface area contributed by atoms with Crippen LogP contribution in [0.3, 0.4) is 0 Å². The maximum Gasteiger partial charge on any atom is 0.253 e. The van der Waals surface area contributed by atoms with Crippen molar-refractivity contribution in [1.29, 1.82) is 0 Å². The third-order valence-electron chi connectivity index (χ3n) is 6.76. The monoisotopic (exact) mass is 464 g/mol. The lowest BCUT2D eigenvalue weighted by atomic mass is 10.0. The van der Waals surface area contributed by atoms with E-state index in [1.165, 1.54) is 0 Å². The zero-order valence-electron chi connectivity index (χ0n) is 19.4. The summed E-state index contributed by atoms with van der Waals surface area (Å²) in [6.45, 7) is 1.36. The van der Waals surface area contributed by atoms with Gasteiger partial charge in [0.05, 0.1) is 5.69 Å². The van der Waals surface area contributed by atoms with E-state index in [2.05, 4.69) is 15.4 Å². The summed E-state index contributed by atoms with van der Waals surface area (Å²) in [7, 11) is 1.97. The molecule has 5 aromatic rings. The molecular weight excluding hydrogens is 439 g/mol. The van der Waals surface area contributed by atoms with E-state index in [4.69, 9.17) is 4.98 Å². The summed E-state index contributed by atoms with van der Waals surface area (Å²) >= 11 is 0. The number of aromatic hydroxyl groups is 1. The summed E-state index contributed by atoms with van der Waals surface area (Å²) < 4.78 is 1.81. The van der Waals surface area contributed by atoms with Gasteiger partial charge in [-0.05, 0) is 54.7 Å². The first-order valence-corrected chi connectivity index (χ1v) is 11.8. The second-order valence-electron chi connectivity index (χ2n) is 9.10. The number of anilines is 1. The van der Waals surface area contributed by atoms with Crippen molar-refractivity contribution in [3.05, 3.63) is 72.6 Å². The number of benzene rings is 2. The fraction of sp³-hybridized carbons (Fsp3) is 0.192. The molecule has 4 heterocycles. The molecule has 8 nitrogen and oxygen atoms in total. The Labute approximate surface area is 203 Å². The topological polar surface area (TPSA) is 98.6 Å². The van der Waals surface area contributed by atoms with Crippen LogP contribution in [0.5, 0.6) is 5.75 Å². The first-order valence-electron chi connectivity index (χ1n) is 11.8. The Bertz CT molecular complexity index is 1550. The van der Waals surface area contributed by atoms with Crippen LogP contribution in [0.1, 0.15) is 23.2 Å². The van der Waals surface area contributed by atoms with E-state index in [1.54, 1.807) is 18.3 Å². The number of amides is 1. The maximum atomic E-state index is 13.1. The Morgan fingerprint density at radius 1 is 1.11 bits per heavy atom. The van der Waals surface area contributed by atoms with E-state index >= 15 is 0 Å². The molecule has 1 aliphatic heterocycles. The third-order valence-corrected chi connectivity index (χ3v) is 6.76. The average Bonchev–Trinajstić information content (AvgIpc) is 3.50. The smallest absolute Gasteiger partial charge is 0.253 e. The highest BCUT2D eigenvalue weighted by atomic mass is 16.3. The minimum atomic E-state index is 0.0717. The SMILES string of the molecule is Bc1cnn2c(NC3CCN(C(=O)c4ccc5[nH]ccc5c4)CC3)cc(-c3ccccc3O)nc12. The standard InChI is InChI=1S/C26H25BN6O2/c27-20-15-29-33-24(14-22(31-25(20)33)19-3-1-2-4-23(19)34)30-18-8-11-32(12-9-18)26(35)17-5-6-21-16(13-17)7-10-28-21/h1-7,10,13-15,18,28,30,34H,8-9,11-12,27H2. The number of aromatic amines is 1. The highest BCUT2D eigenvalue weighted by molar-refractivity contribution is 6.36. The largest absolute Gasteiger partial charge is 0.507 e. The summed E-state index contributed by atoms with van der Waals surface area (Å²) in [4.78, 5) is 22.9. The molecule has 174 valence electrons. The van der Waals surface area contributed by atoms with Gasteiger partial charge in [-0.15, -0.1) is 0 Å². The minimum absolute atomic E-state index is 0.0717. The average molecular weight is 464 g/mol. The summed E-state index contributed by atoms with van der Waals surface area (Å²) in [6.07, 6.45) is 5.34. The number of carbonyl (C=O) groups is 1. The van der Waals surface area contributed by atoms with E-state index in [0.29, 0.717) is 24.3 Å². The molecule has 0 atom stereocenters. The number of hydrogen-bond acceptors (Lipinski definition) is 5. The van der Waals surface area contributed by atoms with Gasteiger partial charge in [0, 0.05) is 59.6 Å². The molecule has 35 heavy (non-hydrogen) atoms. The predicted octanol–water partition coefficient (Wildman–Crippen LogP) is 2.56. The number of aromatic nitrogens is 4. The molecule has 1 aliphatic rings. The van der Waals surface area contributed by atoms with Crippen molar-refractivity contribution in [2.75, 3.05) is 18.4 Å². The zero-order valence-corrected chi connectivity index (χ0v) is 19.4. The Morgan fingerprint density at radius 3 is 2.77 bits per heavy atom. The van der Waals surface area contributed by atoms with Gasteiger partial charge in [-0.25, -0.2) is 4.98 Å². The number of para-hydroxylation sites is 1. The Kier molecular flexibility index (Phi) is 5.17. The molecular formula is C26H25BN6O2. The van der Waals surface area contributed by atoms with Crippen molar-refractivity contribution in [2.45, 2.75) is 18.9 Å². The lowest BCUT2D eigenvalue weighted by Gasteiger charge is -2.33. The van der Waals surface area contributed by atoms with Crippen molar-refractivity contribution in [3.63, 3.8) is 0 Å². The van der Waals surface area contributed by atoms with E-state index in [-0.39, 0.29) is 17.7 Å². The molecule has 0 spiro atoms. The molecule has 1 fully saturated rings. The molecule has 6 rings (SSSR count). The van der Waals surface area contributed by atoms with Crippen LogP contribution in [0.25, 0.3) is 27.8 Å².